The van der Waals surface area contributed by atoms with E-state index < -0.39 is 156 Å². The topological polar surface area (TPSA) is 403 Å². The van der Waals surface area contributed by atoms with Gasteiger partial charge < -0.3 is 81.5 Å². The highest BCUT2D eigenvalue weighted by molar-refractivity contribution is 5.92. The lowest BCUT2D eigenvalue weighted by Crippen LogP contribution is -2.62. The summed E-state index contributed by atoms with van der Waals surface area (Å²) in [6.07, 6.45) is -1.77. The minimum absolute atomic E-state index is 0.0154. The molecule has 1 aromatic rings. The van der Waals surface area contributed by atoms with E-state index in [-0.39, 0.29) is 94.0 Å². The summed E-state index contributed by atoms with van der Waals surface area (Å²) in [5, 5.41) is 31.4. The summed E-state index contributed by atoms with van der Waals surface area (Å²) in [6, 6.07) is 1.68. The van der Waals surface area contributed by atoms with E-state index in [0.717, 1.165) is 5.56 Å². The number of carbonyl (C=O) groups is 12. The molecule has 2 rings (SSSR count). The molecule has 1 fully saturated rings. The monoisotopic (exact) mass is 1430 g/mol. The van der Waals surface area contributed by atoms with Gasteiger partial charge in [0.15, 0.2) is 5.78 Å². The van der Waals surface area contributed by atoms with E-state index in [0.29, 0.717) is 25.8 Å². The summed E-state index contributed by atoms with van der Waals surface area (Å²) >= 11 is 0. The van der Waals surface area contributed by atoms with Crippen molar-refractivity contribution < 1.29 is 86.3 Å². The lowest BCUT2D eigenvalue weighted by atomic mass is 9.89. The van der Waals surface area contributed by atoms with E-state index >= 15 is 0 Å². The van der Waals surface area contributed by atoms with Gasteiger partial charge >= 0.3 is 18.0 Å². The first-order valence-electron chi connectivity index (χ1n) is 35.1. The van der Waals surface area contributed by atoms with Crippen molar-refractivity contribution >= 4 is 71.1 Å². The number of nitrogens with one attached hydrogen (secondary N) is 8. The third kappa shape index (κ3) is 30.6. The first-order chi connectivity index (χ1) is 47.1. The maximum Gasteiger partial charge on any atom is 0.407 e. The van der Waals surface area contributed by atoms with Crippen molar-refractivity contribution in [3.05, 3.63) is 35.9 Å². The summed E-state index contributed by atoms with van der Waals surface area (Å²) in [6.45, 7) is 26.0. The number of carboxylic acid groups (broad SMARTS) is 1. The molecule has 0 spiro atoms. The van der Waals surface area contributed by atoms with E-state index in [9.17, 15) is 62.6 Å². The number of Topliss-reactive ketones (excluding diaryl/α,β-unsaturated/α-hetero) is 1. The first-order valence-corrected chi connectivity index (χ1v) is 35.1. The van der Waals surface area contributed by atoms with E-state index in [2.05, 4.69) is 42.5 Å². The number of likely N-dealkylation sites (N-methyl/N-ethyl adjacent to an activating group) is 2. The molecule has 4 unspecified atom stereocenters. The first kappa shape index (κ1) is 89.7. The Hall–Kier alpha value is -7.38. The number of carbonyl (C=O) groups excluding carboxylic acids is 11. The van der Waals surface area contributed by atoms with Crippen LogP contribution in [-0.2, 0) is 82.8 Å². The van der Waals surface area contributed by atoms with Gasteiger partial charge in [-0.2, -0.15) is 0 Å². The minimum atomic E-state index is -1.53. The van der Waals surface area contributed by atoms with Crippen molar-refractivity contribution in [3.8, 4) is 0 Å². The molecule has 0 bridgehead atoms. The quantitative estimate of drug-likeness (QED) is 0.0331. The van der Waals surface area contributed by atoms with Crippen LogP contribution in [0.5, 0.6) is 0 Å². The largest absolute Gasteiger partial charge is 0.480 e. The van der Waals surface area contributed by atoms with E-state index in [1.54, 1.807) is 49.8 Å². The number of benzene rings is 1. The van der Waals surface area contributed by atoms with Crippen LogP contribution in [0.4, 0.5) is 4.79 Å². The van der Waals surface area contributed by atoms with E-state index in [1.165, 1.54) is 35.0 Å². The fraction of sp³-hybridized carbons (Fsp3) is 0.746. The van der Waals surface area contributed by atoms with Crippen molar-refractivity contribution in [1.82, 2.24) is 57.2 Å². The number of nitrogens with two attached hydrogens (primary N) is 1. The number of methoxy groups -OCH3 is 2. The Kier molecular flexibility index (Phi) is 38.1. The van der Waals surface area contributed by atoms with Gasteiger partial charge in [-0.25, -0.2) is 14.4 Å². The van der Waals surface area contributed by atoms with Crippen LogP contribution in [0.25, 0.3) is 0 Å². The molecular weight excluding hydrogens is 1310 g/mol. The molecule has 1 saturated heterocycles. The van der Waals surface area contributed by atoms with Crippen LogP contribution in [0.15, 0.2) is 30.3 Å². The van der Waals surface area contributed by atoms with Crippen molar-refractivity contribution in [1.29, 1.82) is 0 Å². The van der Waals surface area contributed by atoms with Gasteiger partial charge in [-0.3, -0.25) is 53.4 Å². The zero-order chi connectivity index (χ0) is 76.9. The van der Waals surface area contributed by atoms with Gasteiger partial charge in [-0.05, 0) is 118 Å². The van der Waals surface area contributed by atoms with Crippen molar-refractivity contribution in [2.75, 3.05) is 81.4 Å². The molecule has 0 radical (unpaired) electrons. The molecule has 574 valence electrons. The molecule has 0 saturated carbocycles. The molecule has 30 heteroatoms. The van der Waals surface area contributed by atoms with Crippen molar-refractivity contribution in [2.45, 2.75) is 239 Å². The number of esters is 1. The van der Waals surface area contributed by atoms with E-state index in [4.69, 9.17) is 29.4 Å². The number of rotatable bonds is 45. The highest BCUT2D eigenvalue weighted by Crippen LogP contribution is 2.30. The van der Waals surface area contributed by atoms with E-state index in [1.807, 2.05) is 99.5 Å². The molecule has 12 atom stereocenters. The number of likely N-dealkylation sites (tertiary alicyclic amines) is 1. The predicted molar refractivity (Wildman–Crippen MR) is 379 cm³/mol. The summed E-state index contributed by atoms with van der Waals surface area (Å²) in [5.41, 5.74) is 3.68. The van der Waals surface area contributed by atoms with Crippen LogP contribution in [0.2, 0.25) is 0 Å². The van der Waals surface area contributed by atoms with Crippen LogP contribution in [0.1, 0.15) is 161 Å². The average Bonchev–Trinajstić information content (AvgIpc) is 1.80. The SMILES string of the molecule is CC[C@H](C)[C@@H]([C@@H](CC(=O)N1CCC[C@H]1[C@H](OC)[C@@H](C)C(=O)N[C@@H](Cc1ccccc1)C(=O)NCCCOC(=O)C(C)NC(=O)CC[C@H](NC(=O)CCNC(=O)OCC(NC(C)(C)C(=O)CN)C(=O)NC(C)(C)COC(C)(C)C)C(=O)O)OC)N(C)C(=O)C(NC(=O)C(C(C)C)N(C)C)C(C)C. The second-order valence-corrected chi connectivity index (χ2v) is 29.3. The predicted octanol–water partition coefficient (Wildman–Crippen LogP) is 2.36. The molecule has 0 aromatic heterocycles. The van der Waals surface area contributed by atoms with Crippen LogP contribution in [0, 0.1) is 23.7 Å². The molecule has 1 aliphatic rings. The molecule has 1 aromatic carbocycles. The average molecular weight is 1430 g/mol. The van der Waals surface area contributed by atoms with Crippen LogP contribution in [-0.4, -0.2) is 249 Å². The number of hydrogen-bond donors (Lipinski definition) is 10. The molecule has 11 N–H and O–H groups in total. The molecule has 1 aliphatic heterocycles. The number of ketones is 1. The maximum absolute atomic E-state index is 14.6. The molecule has 30 nitrogen and oxygen atoms in total. The fourth-order valence-corrected chi connectivity index (χ4v) is 11.9. The second kappa shape index (κ2) is 42.9. The smallest absolute Gasteiger partial charge is 0.407 e. The lowest BCUT2D eigenvalue weighted by Gasteiger charge is -2.41. The molecular formula is C71H122N12O18. The third-order valence-electron chi connectivity index (χ3n) is 17.8. The van der Waals surface area contributed by atoms with Gasteiger partial charge in [0.1, 0.15) is 36.8 Å². The minimum Gasteiger partial charge on any atom is -0.480 e. The summed E-state index contributed by atoms with van der Waals surface area (Å²) in [4.78, 5) is 166. The molecule has 1 heterocycles. The number of ether oxygens (including phenoxy) is 5. The number of hydrogen-bond acceptors (Lipinski definition) is 20. The summed E-state index contributed by atoms with van der Waals surface area (Å²) in [7, 11) is 8.32. The Labute approximate surface area is 597 Å². The van der Waals surface area contributed by atoms with Crippen molar-refractivity contribution in [2.24, 2.45) is 29.4 Å². The summed E-state index contributed by atoms with van der Waals surface area (Å²) in [5.74, 6) is -7.87. The number of aliphatic carboxylic acids is 1. The Bertz CT molecular complexity index is 2860. The van der Waals surface area contributed by atoms with Gasteiger partial charge in [0.25, 0.3) is 0 Å². The van der Waals surface area contributed by atoms with Crippen molar-refractivity contribution in [3.63, 3.8) is 0 Å². The zero-order valence-electron chi connectivity index (χ0n) is 63.6. The number of nitrogens with zero attached hydrogens (tertiary/aromatic N) is 3. The molecule has 0 aliphatic carbocycles. The Balaban J connectivity index is 2.02. The Morgan fingerprint density at radius 3 is 1.91 bits per heavy atom. The maximum atomic E-state index is 14.6. The number of alkyl carbamates (subject to hydrolysis) is 1. The highest BCUT2D eigenvalue weighted by Gasteiger charge is 2.44. The van der Waals surface area contributed by atoms with Gasteiger partial charge in [-0.15, -0.1) is 0 Å². The lowest BCUT2D eigenvalue weighted by molar-refractivity contribution is -0.148. The number of carboxylic acids is 1. The highest BCUT2D eigenvalue weighted by atomic mass is 16.6. The summed E-state index contributed by atoms with van der Waals surface area (Å²) < 4.78 is 28.6. The zero-order valence-corrected chi connectivity index (χ0v) is 63.6. The fourth-order valence-electron chi connectivity index (χ4n) is 11.9. The van der Waals surface area contributed by atoms with Gasteiger partial charge in [0.2, 0.25) is 47.3 Å². The van der Waals surface area contributed by atoms with Crippen LogP contribution in [0.3, 0.4) is 0 Å². The van der Waals surface area contributed by atoms with Gasteiger partial charge in [0.05, 0.1) is 79.1 Å². The number of amides is 9. The molecule has 101 heavy (non-hydrogen) atoms. The normalized spacial score (nSPS) is 16.8. The Morgan fingerprint density at radius 2 is 1.36 bits per heavy atom. The van der Waals surface area contributed by atoms with Crippen LogP contribution >= 0.6 is 0 Å². The Morgan fingerprint density at radius 1 is 0.723 bits per heavy atom. The van der Waals surface area contributed by atoms with Crippen LogP contribution < -0.4 is 48.3 Å². The van der Waals surface area contributed by atoms with Gasteiger partial charge in [0, 0.05) is 60.2 Å². The third-order valence-corrected chi connectivity index (χ3v) is 17.8. The standard InChI is InChI=1S/C71H122N12O18/c1-21-44(6)59(82(18)65(92)57(42(2)3)78-64(91)58(43(4)5)81(16)17)52(97-19)38-56(87)83-35-25-29-51(83)60(98-20)45(7)61(88)77-49(37-47-27-23-22-24-28-47)62(89)73-33-26-36-99-67(95)46(8)75-54(85)31-30-48(66(93)94)76-55(86)32-34-74-68(96)100-40-50(79-71(14,15)53(84)39-72)63(90)80-70(12,13)41-101-69(9,10)11/h22-24,27-28,42-46,48-52,57-60,79H,21,25-26,29-41,72H2,1-20H3,(H,73,89)(H,74,96)(H,75,85)(H,76,86)(H,77,88)(H,78,91)(H,80,90)(H,93,94)/t44-,45+,46?,48-,49-,50?,51-,52+,57?,58?,59-,60+/m0/s1. The van der Waals surface area contributed by atoms with Gasteiger partial charge in [-0.1, -0.05) is 85.2 Å². The second-order valence-electron chi connectivity index (χ2n) is 29.3. The molecule has 9 amide bonds.